The number of aliphatic hydroxyl groups excluding tert-OH is 1. The molecule has 0 aromatic carbocycles. The summed E-state index contributed by atoms with van der Waals surface area (Å²) in [6.07, 6.45) is 0.493. The lowest BCUT2D eigenvalue weighted by atomic mass is 10.2. The van der Waals surface area contributed by atoms with E-state index < -0.39 is 24.0 Å². The predicted octanol–water partition coefficient (Wildman–Crippen LogP) is -0.357. The van der Waals surface area contributed by atoms with Crippen LogP contribution in [0, 0.1) is 6.92 Å². The van der Waals surface area contributed by atoms with Gasteiger partial charge in [-0.1, -0.05) is 5.16 Å². The van der Waals surface area contributed by atoms with Crippen molar-refractivity contribution >= 4 is 11.9 Å². The number of amides is 1. The zero-order chi connectivity index (χ0) is 12.6. The molecule has 2 rings (SSSR count). The summed E-state index contributed by atoms with van der Waals surface area (Å²) in [5.41, 5.74) is 0.227. The van der Waals surface area contributed by atoms with Crippen molar-refractivity contribution in [3.63, 3.8) is 0 Å². The van der Waals surface area contributed by atoms with Gasteiger partial charge in [0, 0.05) is 13.0 Å². The van der Waals surface area contributed by atoms with Crippen molar-refractivity contribution in [1.82, 2.24) is 10.1 Å². The number of aromatic nitrogens is 1. The first-order valence-corrected chi connectivity index (χ1v) is 5.14. The van der Waals surface area contributed by atoms with E-state index in [2.05, 4.69) is 5.16 Å². The van der Waals surface area contributed by atoms with Gasteiger partial charge in [0.05, 0.1) is 12.3 Å². The molecule has 92 valence electrons. The molecule has 7 heteroatoms. The number of aliphatic carboxylic acids is 1. The molecule has 1 aliphatic rings. The van der Waals surface area contributed by atoms with Crippen molar-refractivity contribution in [2.75, 3.05) is 6.54 Å². The van der Waals surface area contributed by atoms with Crippen LogP contribution >= 0.6 is 0 Å². The highest BCUT2D eigenvalue weighted by atomic mass is 16.5. The Bertz CT molecular complexity index is 455. The number of aryl methyl sites for hydroxylation is 1. The standard InChI is InChI=1S/C10H12N2O5/c1-5-7(3-11-17-5)9(14)12-4-6(13)2-8(12)10(15)16/h3,6,8,13H,2,4H2,1H3,(H,15,16)/t6-,8-/m1/s1. The maximum Gasteiger partial charge on any atom is 0.326 e. The summed E-state index contributed by atoms with van der Waals surface area (Å²) >= 11 is 0. The third kappa shape index (κ3) is 2.01. The molecule has 2 atom stereocenters. The normalized spacial score (nSPS) is 24.0. The van der Waals surface area contributed by atoms with Crippen LogP contribution in [0.5, 0.6) is 0 Å². The van der Waals surface area contributed by atoms with Gasteiger partial charge >= 0.3 is 5.97 Å². The quantitative estimate of drug-likeness (QED) is 0.731. The van der Waals surface area contributed by atoms with Crippen molar-refractivity contribution in [2.24, 2.45) is 0 Å². The third-order valence-electron chi connectivity index (χ3n) is 2.81. The van der Waals surface area contributed by atoms with Gasteiger partial charge < -0.3 is 19.6 Å². The number of aliphatic hydroxyl groups is 1. The summed E-state index contributed by atoms with van der Waals surface area (Å²) in [6.45, 7) is 1.59. The Labute approximate surface area is 96.6 Å². The lowest BCUT2D eigenvalue weighted by molar-refractivity contribution is -0.141. The first-order valence-electron chi connectivity index (χ1n) is 5.14. The Balaban J connectivity index is 2.25. The van der Waals surface area contributed by atoms with E-state index >= 15 is 0 Å². The molecule has 2 heterocycles. The van der Waals surface area contributed by atoms with Crippen molar-refractivity contribution < 1.29 is 24.3 Å². The van der Waals surface area contributed by atoms with Crippen LogP contribution in [0.2, 0.25) is 0 Å². The predicted molar refractivity (Wildman–Crippen MR) is 54.3 cm³/mol. The second-order valence-corrected chi connectivity index (χ2v) is 4.00. The molecule has 0 unspecified atom stereocenters. The van der Waals surface area contributed by atoms with Crippen LogP contribution in [0.15, 0.2) is 10.7 Å². The van der Waals surface area contributed by atoms with Crippen LogP contribution in [0.4, 0.5) is 0 Å². The van der Waals surface area contributed by atoms with Crippen molar-refractivity contribution in [3.8, 4) is 0 Å². The molecule has 1 aliphatic heterocycles. The van der Waals surface area contributed by atoms with Crippen LogP contribution in [0.1, 0.15) is 22.5 Å². The molecular formula is C10H12N2O5. The fraction of sp³-hybridized carbons (Fsp3) is 0.500. The molecule has 1 amide bonds. The number of likely N-dealkylation sites (tertiary alicyclic amines) is 1. The van der Waals surface area contributed by atoms with E-state index in [0.29, 0.717) is 5.76 Å². The van der Waals surface area contributed by atoms with Crippen LogP contribution in [0.3, 0.4) is 0 Å². The molecule has 1 saturated heterocycles. The molecule has 1 fully saturated rings. The number of rotatable bonds is 2. The average Bonchev–Trinajstić information content (AvgIpc) is 2.83. The summed E-state index contributed by atoms with van der Waals surface area (Å²) in [5.74, 6) is -1.27. The van der Waals surface area contributed by atoms with Crippen LogP contribution < -0.4 is 0 Å². The van der Waals surface area contributed by atoms with Gasteiger partial charge in [-0.15, -0.1) is 0 Å². The molecule has 0 bridgehead atoms. The summed E-state index contributed by atoms with van der Waals surface area (Å²) in [7, 11) is 0. The molecule has 1 aromatic rings. The lowest BCUT2D eigenvalue weighted by Gasteiger charge is -2.20. The van der Waals surface area contributed by atoms with E-state index in [1.165, 1.54) is 6.20 Å². The number of hydrogen-bond acceptors (Lipinski definition) is 5. The van der Waals surface area contributed by atoms with Gasteiger partial charge in [-0.25, -0.2) is 4.79 Å². The smallest absolute Gasteiger partial charge is 0.326 e. The topological polar surface area (TPSA) is 104 Å². The number of carbonyl (C=O) groups excluding carboxylic acids is 1. The number of carboxylic acids is 1. The number of nitrogens with zero attached hydrogens (tertiary/aromatic N) is 2. The highest BCUT2D eigenvalue weighted by Crippen LogP contribution is 2.22. The summed E-state index contributed by atoms with van der Waals surface area (Å²) in [6, 6.07) is -0.994. The van der Waals surface area contributed by atoms with E-state index in [4.69, 9.17) is 9.63 Å². The minimum absolute atomic E-state index is 0.0143. The van der Waals surface area contributed by atoms with E-state index in [1.807, 2.05) is 0 Å². The summed E-state index contributed by atoms with van der Waals surface area (Å²) in [5, 5.41) is 21.9. The van der Waals surface area contributed by atoms with Crippen molar-refractivity contribution in [2.45, 2.75) is 25.5 Å². The minimum Gasteiger partial charge on any atom is -0.480 e. The molecule has 1 aromatic heterocycles. The Morgan fingerprint density at radius 1 is 1.59 bits per heavy atom. The van der Waals surface area contributed by atoms with Gasteiger partial charge in [-0.3, -0.25) is 4.79 Å². The Morgan fingerprint density at radius 3 is 2.82 bits per heavy atom. The average molecular weight is 240 g/mol. The molecule has 7 nitrogen and oxygen atoms in total. The molecule has 0 saturated carbocycles. The first-order chi connectivity index (χ1) is 8.00. The maximum absolute atomic E-state index is 12.0. The molecule has 2 N–H and O–H groups in total. The fourth-order valence-corrected chi connectivity index (χ4v) is 1.93. The van der Waals surface area contributed by atoms with Crippen LogP contribution in [-0.4, -0.2) is 50.8 Å². The van der Waals surface area contributed by atoms with Gasteiger partial charge in [-0.2, -0.15) is 0 Å². The van der Waals surface area contributed by atoms with Gasteiger partial charge in [0.2, 0.25) is 0 Å². The molecular weight excluding hydrogens is 228 g/mol. The number of hydrogen-bond donors (Lipinski definition) is 2. The Kier molecular flexibility index (Phi) is 2.84. The monoisotopic (exact) mass is 240 g/mol. The molecule has 17 heavy (non-hydrogen) atoms. The van der Waals surface area contributed by atoms with E-state index in [0.717, 1.165) is 4.90 Å². The number of carboxylic acid groups (broad SMARTS) is 1. The zero-order valence-electron chi connectivity index (χ0n) is 9.16. The number of β-amino-alcohol motifs (C(OH)–C–C–N with tert-alkyl or cyclic N) is 1. The van der Waals surface area contributed by atoms with E-state index in [9.17, 15) is 14.7 Å². The summed E-state index contributed by atoms with van der Waals surface area (Å²) in [4.78, 5) is 24.1. The fourth-order valence-electron chi connectivity index (χ4n) is 1.93. The van der Waals surface area contributed by atoms with Gasteiger partial charge in [0.25, 0.3) is 5.91 Å². The number of carbonyl (C=O) groups is 2. The van der Waals surface area contributed by atoms with Crippen LogP contribution in [0.25, 0.3) is 0 Å². The third-order valence-corrected chi connectivity index (χ3v) is 2.81. The Hall–Kier alpha value is -1.89. The second kappa shape index (κ2) is 4.17. The van der Waals surface area contributed by atoms with Crippen LogP contribution in [-0.2, 0) is 4.79 Å². The maximum atomic E-state index is 12.0. The largest absolute Gasteiger partial charge is 0.480 e. The second-order valence-electron chi connectivity index (χ2n) is 4.00. The highest BCUT2D eigenvalue weighted by Gasteiger charge is 2.40. The molecule has 0 radical (unpaired) electrons. The zero-order valence-corrected chi connectivity index (χ0v) is 9.16. The van der Waals surface area contributed by atoms with Gasteiger partial charge in [0.1, 0.15) is 17.4 Å². The van der Waals surface area contributed by atoms with E-state index in [-0.39, 0.29) is 18.5 Å². The first kappa shape index (κ1) is 11.6. The minimum atomic E-state index is -1.12. The Morgan fingerprint density at radius 2 is 2.29 bits per heavy atom. The molecule has 0 spiro atoms. The van der Waals surface area contributed by atoms with Gasteiger partial charge in [-0.05, 0) is 6.92 Å². The van der Waals surface area contributed by atoms with Crippen molar-refractivity contribution in [1.29, 1.82) is 0 Å². The summed E-state index contributed by atoms with van der Waals surface area (Å²) < 4.78 is 4.76. The van der Waals surface area contributed by atoms with Crippen molar-refractivity contribution in [3.05, 3.63) is 17.5 Å². The van der Waals surface area contributed by atoms with Gasteiger partial charge in [0.15, 0.2) is 0 Å². The SMILES string of the molecule is Cc1oncc1C(=O)N1C[C@H](O)C[C@@H]1C(=O)O. The highest BCUT2D eigenvalue weighted by molar-refractivity contribution is 5.97. The molecule has 0 aliphatic carbocycles. The lowest BCUT2D eigenvalue weighted by Crippen LogP contribution is -2.40. The van der Waals surface area contributed by atoms with E-state index in [1.54, 1.807) is 6.92 Å².